The van der Waals surface area contributed by atoms with Gasteiger partial charge in [-0.2, -0.15) is 0 Å². The summed E-state index contributed by atoms with van der Waals surface area (Å²) in [4.78, 5) is 0. The van der Waals surface area contributed by atoms with Crippen LogP contribution in [0.25, 0.3) is 0 Å². The first-order valence-corrected chi connectivity index (χ1v) is 4.77. The van der Waals surface area contributed by atoms with Crippen molar-refractivity contribution in [1.82, 2.24) is 0 Å². The van der Waals surface area contributed by atoms with Gasteiger partial charge in [-0.05, 0) is 20.8 Å². The lowest BCUT2D eigenvalue weighted by Crippen LogP contribution is -2.40. The molecule has 0 bridgehead atoms. The van der Waals surface area contributed by atoms with Crippen LogP contribution in [0.3, 0.4) is 0 Å². The van der Waals surface area contributed by atoms with Crippen molar-refractivity contribution >= 4 is 0 Å². The highest BCUT2D eigenvalue weighted by molar-refractivity contribution is 4.56. The lowest BCUT2D eigenvalue weighted by atomic mass is 10.4. The fourth-order valence-electron chi connectivity index (χ4n) is 1.14. The first kappa shape index (κ1) is 12.8. The van der Waals surface area contributed by atoms with E-state index in [1.54, 1.807) is 0 Å². The Morgan fingerprint density at radius 3 is 1.54 bits per heavy atom. The summed E-state index contributed by atoms with van der Waals surface area (Å²) < 4.78 is 16.0. The second-order valence-corrected chi connectivity index (χ2v) is 2.46. The van der Waals surface area contributed by atoms with E-state index < -0.39 is 5.97 Å². The third-order valence-electron chi connectivity index (χ3n) is 1.51. The summed E-state index contributed by atoms with van der Waals surface area (Å²) in [6, 6.07) is 0. The molecule has 0 atom stereocenters. The Morgan fingerprint density at radius 1 is 0.923 bits per heavy atom. The number of hydrogen-bond donors (Lipinski definition) is 1. The Kier molecular flexibility index (Phi) is 7.17. The first-order valence-electron chi connectivity index (χ1n) is 4.77. The summed E-state index contributed by atoms with van der Waals surface area (Å²) in [6.07, 6.45) is 0.336. The smallest absolute Gasteiger partial charge is 0.285 e. The van der Waals surface area contributed by atoms with Crippen LogP contribution < -0.4 is 0 Å². The number of rotatable bonds is 8. The average molecular weight is 192 g/mol. The summed E-state index contributed by atoms with van der Waals surface area (Å²) in [5.41, 5.74) is 0. The molecule has 4 heteroatoms. The van der Waals surface area contributed by atoms with Gasteiger partial charge in [-0.15, -0.1) is 0 Å². The predicted octanol–water partition coefficient (Wildman–Crippen LogP) is 1.13. The fourth-order valence-corrected chi connectivity index (χ4v) is 1.14. The molecular formula is C9H20O4. The summed E-state index contributed by atoms with van der Waals surface area (Å²) in [7, 11) is 0. The van der Waals surface area contributed by atoms with Gasteiger partial charge in [-0.3, -0.25) is 0 Å². The zero-order valence-electron chi connectivity index (χ0n) is 8.71. The van der Waals surface area contributed by atoms with E-state index >= 15 is 0 Å². The van der Waals surface area contributed by atoms with Crippen LogP contribution >= 0.6 is 0 Å². The van der Waals surface area contributed by atoms with Crippen LogP contribution in [0.5, 0.6) is 0 Å². The monoisotopic (exact) mass is 192 g/mol. The molecule has 0 spiro atoms. The first-order chi connectivity index (χ1) is 6.24. The minimum Gasteiger partial charge on any atom is -0.396 e. The number of hydrogen-bond acceptors (Lipinski definition) is 4. The molecule has 13 heavy (non-hydrogen) atoms. The van der Waals surface area contributed by atoms with Gasteiger partial charge in [0, 0.05) is 19.8 Å². The van der Waals surface area contributed by atoms with E-state index in [-0.39, 0.29) is 6.61 Å². The van der Waals surface area contributed by atoms with E-state index in [4.69, 9.17) is 19.3 Å². The third kappa shape index (κ3) is 4.57. The number of aliphatic hydroxyl groups excluding tert-OH is 1. The predicted molar refractivity (Wildman–Crippen MR) is 49.3 cm³/mol. The van der Waals surface area contributed by atoms with E-state index in [1.807, 2.05) is 20.8 Å². The molecule has 0 unspecified atom stereocenters. The van der Waals surface area contributed by atoms with Gasteiger partial charge in [-0.1, -0.05) is 0 Å². The molecular weight excluding hydrogens is 172 g/mol. The molecule has 80 valence electrons. The van der Waals surface area contributed by atoms with Crippen molar-refractivity contribution in [2.24, 2.45) is 0 Å². The van der Waals surface area contributed by atoms with Gasteiger partial charge >= 0.3 is 0 Å². The maximum Gasteiger partial charge on any atom is 0.285 e. The summed E-state index contributed by atoms with van der Waals surface area (Å²) >= 11 is 0. The quantitative estimate of drug-likeness (QED) is 0.586. The van der Waals surface area contributed by atoms with E-state index in [0.717, 1.165) is 0 Å². The van der Waals surface area contributed by atoms with Crippen molar-refractivity contribution in [3.8, 4) is 0 Å². The Balaban J connectivity index is 4.19. The third-order valence-corrected chi connectivity index (χ3v) is 1.51. The highest BCUT2D eigenvalue weighted by Gasteiger charge is 2.31. The minimum atomic E-state index is -1.05. The molecule has 0 aliphatic carbocycles. The summed E-state index contributed by atoms with van der Waals surface area (Å²) in [5, 5.41) is 8.84. The van der Waals surface area contributed by atoms with Crippen molar-refractivity contribution in [3.63, 3.8) is 0 Å². The maximum absolute atomic E-state index is 8.84. The van der Waals surface area contributed by atoms with Crippen molar-refractivity contribution in [1.29, 1.82) is 0 Å². The molecule has 0 saturated heterocycles. The van der Waals surface area contributed by atoms with Crippen molar-refractivity contribution in [2.75, 3.05) is 26.4 Å². The molecule has 0 aromatic heterocycles. The molecule has 0 rings (SSSR count). The molecule has 0 aromatic carbocycles. The van der Waals surface area contributed by atoms with Crippen molar-refractivity contribution in [3.05, 3.63) is 0 Å². The van der Waals surface area contributed by atoms with E-state index in [0.29, 0.717) is 26.2 Å². The van der Waals surface area contributed by atoms with Gasteiger partial charge in [0.15, 0.2) is 0 Å². The molecule has 0 fully saturated rings. The van der Waals surface area contributed by atoms with Gasteiger partial charge in [0.1, 0.15) is 0 Å². The Morgan fingerprint density at radius 2 is 1.31 bits per heavy atom. The molecule has 0 heterocycles. The van der Waals surface area contributed by atoms with Gasteiger partial charge in [0.2, 0.25) is 0 Å². The topological polar surface area (TPSA) is 47.9 Å². The van der Waals surface area contributed by atoms with Crippen LogP contribution in [0.4, 0.5) is 0 Å². The van der Waals surface area contributed by atoms with Crippen LogP contribution in [0.1, 0.15) is 27.2 Å². The molecule has 0 radical (unpaired) electrons. The zero-order chi connectivity index (χ0) is 10.2. The zero-order valence-corrected chi connectivity index (χ0v) is 8.71. The van der Waals surface area contributed by atoms with Crippen LogP contribution in [0, 0.1) is 0 Å². The molecule has 4 nitrogen and oxygen atoms in total. The SMILES string of the molecule is CCOC(CCO)(OCC)OCC. The molecule has 0 aliphatic heterocycles. The summed E-state index contributed by atoms with van der Waals surface area (Å²) in [5.74, 6) is -1.05. The molecule has 0 amide bonds. The largest absolute Gasteiger partial charge is 0.396 e. The van der Waals surface area contributed by atoms with Gasteiger partial charge in [0.05, 0.1) is 13.0 Å². The second-order valence-electron chi connectivity index (χ2n) is 2.46. The lowest BCUT2D eigenvalue weighted by molar-refractivity contribution is -0.381. The second kappa shape index (κ2) is 7.26. The Bertz CT molecular complexity index is 86.7. The fraction of sp³-hybridized carbons (Fsp3) is 1.00. The lowest BCUT2D eigenvalue weighted by Gasteiger charge is -2.31. The molecule has 0 saturated carbocycles. The van der Waals surface area contributed by atoms with E-state index in [1.165, 1.54) is 0 Å². The van der Waals surface area contributed by atoms with Gasteiger partial charge < -0.3 is 19.3 Å². The average Bonchev–Trinajstić information content (AvgIpc) is 2.06. The minimum absolute atomic E-state index is 0.0139. The highest BCUT2D eigenvalue weighted by Crippen LogP contribution is 2.19. The van der Waals surface area contributed by atoms with Crippen molar-refractivity contribution in [2.45, 2.75) is 33.2 Å². The Hall–Kier alpha value is -0.160. The van der Waals surface area contributed by atoms with Crippen LogP contribution in [-0.2, 0) is 14.2 Å². The number of aliphatic hydroxyl groups is 1. The number of ether oxygens (including phenoxy) is 3. The maximum atomic E-state index is 8.84. The Labute approximate surface area is 79.8 Å². The van der Waals surface area contributed by atoms with Crippen LogP contribution in [0.2, 0.25) is 0 Å². The normalized spacial score (nSPS) is 12.0. The molecule has 0 aromatic rings. The molecule has 1 N–H and O–H groups in total. The standard InChI is InChI=1S/C9H20O4/c1-4-11-9(7-8-10,12-5-2)13-6-3/h10H,4-8H2,1-3H3. The van der Waals surface area contributed by atoms with Crippen molar-refractivity contribution < 1.29 is 19.3 Å². The summed E-state index contributed by atoms with van der Waals surface area (Å²) in [6.45, 7) is 7.08. The van der Waals surface area contributed by atoms with E-state index in [2.05, 4.69) is 0 Å². The van der Waals surface area contributed by atoms with Gasteiger partial charge in [0.25, 0.3) is 5.97 Å². The van der Waals surface area contributed by atoms with Gasteiger partial charge in [-0.25, -0.2) is 0 Å². The molecule has 0 aliphatic rings. The van der Waals surface area contributed by atoms with E-state index in [9.17, 15) is 0 Å². The van der Waals surface area contributed by atoms with Crippen LogP contribution in [-0.4, -0.2) is 37.5 Å². The highest BCUT2D eigenvalue weighted by atomic mass is 16.9. The van der Waals surface area contributed by atoms with Crippen LogP contribution in [0.15, 0.2) is 0 Å².